The van der Waals surface area contributed by atoms with Crippen molar-refractivity contribution in [2.75, 3.05) is 41.3 Å². The van der Waals surface area contributed by atoms with Crippen LogP contribution in [-0.2, 0) is 9.53 Å². The van der Waals surface area contributed by atoms with Crippen LogP contribution in [0.3, 0.4) is 0 Å². The fourth-order valence-corrected chi connectivity index (χ4v) is 5.75. The second-order valence-corrected chi connectivity index (χ2v) is 8.93. The topological polar surface area (TPSA) is 29.5 Å². The summed E-state index contributed by atoms with van der Waals surface area (Å²) in [5.41, 5.74) is 0.583. The van der Waals surface area contributed by atoms with Gasteiger partial charge in [-0.25, -0.2) is 4.79 Å². The van der Waals surface area contributed by atoms with Crippen LogP contribution >= 0.6 is 0 Å². The highest BCUT2D eigenvalue weighted by Gasteiger charge is 2.71. The molecular formula is C18H35N2O2+. The van der Waals surface area contributed by atoms with Gasteiger partial charge in [-0.05, 0) is 45.2 Å². The molecule has 0 radical (unpaired) electrons. The Bertz CT molecular complexity index is 444. The molecule has 0 unspecified atom stereocenters. The maximum atomic E-state index is 12.1. The molecular weight excluding hydrogens is 276 g/mol. The minimum Gasteiger partial charge on any atom is -0.462 e. The van der Waals surface area contributed by atoms with Crippen LogP contribution in [0, 0.1) is 16.7 Å². The molecule has 2 bridgehead atoms. The highest BCUT2D eigenvalue weighted by molar-refractivity contribution is 5.70. The van der Waals surface area contributed by atoms with Gasteiger partial charge in [0.1, 0.15) is 6.04 Å². The van der Waals surface area contributed by atoms with E-state index in [1.807, 2.05) is 6.92 Å². The van der Waals surface area contributed by atoms with Gasteiger partial charge >= 0.3 is 5.97 Å². The third kappa shape index (κ3) is 2.39. The average Bonchev–Trinajstić information content (AvgIpc) is 2.68. The molecule has 0 aliphatic heterocycles. The first-order valence-electron chi connectivity index (χ1n) is 8.63. The molecule has 0 spiro atoms. The van der Waals surface area contributed by atoms with E-state index in [1.165, 1.54) is 12.8 Å². The summed E-state index contributed by atoms with van der Waals surface area (Å²) in [6.07, 6.45) is 2.58. The number of ether oxygens (including phenoxy) is 1. The van der Waals surface area contributed by atoms with Crippen LogP contribution < -0.4 is 0 Å². The molecule has 4 nitrogen and oxygen atoms in total. The van der Waals surface area contributed by atoms with E-state index in [4.69, 9.17) is 4.74 Å². The van der Waals surface area contributed by atoms with E-state index in [2.05, 4.69) is 53.9 Å². The van der Waals surface area contributed by atoms with Crippen molar-refractivity contribution in [1.82, 2.24) is 4.90 Å². The van der Waals surface area contributed by atoms with E-state index in [0.717, 1.165) is 4.48 Å². The van der Waals surface area contributed by atoms with Crippen LogP contribution in [0.5, 0.6) is 0 Å². The Morgan fingerprint density at radius 3 is 2.36 bits per heavy atom. The number of hydrogen-bond donors (Lipinski definition) is 0. The molecule has 0 aromatic carbocycles. The number of esters is 1. The summed E-state index contributed by atoms with van der Waals surface area (Å²) in [6, 6.07) is 0.985. The molecule has 0 amide bonds. The van der Waals surface area contributed by atoms with Crippen molar-refractivity contribution in [3.8, 4) is 0 Å². The lowest BCUT2D eigenvalue weighted by atomic mass is 9.68. The van der Waals surface area contributed by atoms with Gasteiger partial charge in [0, 0.05) is 5.41 Å². The largest absolute Gasteiger partial charge is 0.462 e. The van der Waals surface area contributed by atoms with Crippen LogP contribution in [0.25, 0.3) is 0 Å². The smallest absolute Gasteiger partial charge is 0.361 e. The monoisotopic (exact) mass is 311 g/mol. The van der Waals surface area contributed by atoms with Crippen molar-refractivity contribution in [3.63, 3.8) is 0 Å². The second kappa shape index (κ2) is 5.48. The summed E-state index contributed by atoms with van der Waals surface area (Å²) in [4.78, 5) is 14.5. The van der Waals surface area contributed by atoms with Crippen molar-refractivity contribution in [2.24, 2.45) is 16.7 Å². The normalized spacial score (nSPS) is 36.9. The number of carbonyl (C=O) groups is 1. The maximum Gasteiger partial charge on any atom is 0.361 e. The SMILES string of the molecule is CCOC(=O)C[N+](C)(C)[C@@H]1[C@@H](N(C)C)[C@@H]2CC[C@]1(C)C2(C)C. The number of carbonyl (C=O) groups excluding carboxylic acids is 1. The number of likely N-dealkylation sites (N-methyl/N-ethyl adjacent to an activating group) is 2. The molecule has 0 N–H and O–H groups in total. The number of nitrogens with zero attached hydrogens (tertiary/aromatic N) is 2. The predicted molar refractivity (Wildman–Crippen MR) is 89.5 cm³/mol. The highest BCUT2D eigenvalue weighted by atomic mass is 16.5. The Labute approximate surface area is 136 Å². The quantitative estimate of drug-likeness (QED) is 0.577. The van der Waals surface area contributed by atoms with Gasteiger partial charge in [-0.15, -0.1) is 0 Å². The number of fused-ring (bicyclic) bond motifs is 2. The first-order chi connectivity index (χ1) is 9.99. The van der Waals surface area contributed by atoms with Crippen molar-refractivity contribution in [3.05, 3.63) is 0 Å². The Kier molecular flexibility index (Phi) is 4.42. The van der Waals surface area contributed by atoms with Gasteiger partial charge in [0.05, 0.1) is 26.7 Å². The molecule has 4 heteroatoms. The van der Waals surface area contributed by atoms with Crippen LogP contribution in [0.1, 0.15) is 40.5 Å². The van der Waals surface area contributed by atoms with Gasteiger partial charge in [-0.3, -0.25) is 0 Å². The van der Waals surface area contributed by atoms with Gasteiger partial charge in [0.2, 0.25) is 0 Å². The lowest BCUT2D eigenvalue weighted by Gasteiger charge is -2.50. The highest BCUT2D eigenvalue weighted by Crippen LogP contribution is 2.67. The Morgan fingerprint density at radius 1 is 1.27 bits per heavy atom. The molecule has 2 rings (SSSR count). The minimum absolute atomic E-state index is 0.0748. The zero-order chi connectivity index (χ0) is 16.9. The van der Waals surface area contributed by atoms with Gasteiger partial charge in [-0.2, -0.15) is 0 Å². The second-order valence-electron chi connectivity index (χ2n) is 8.93. The number of rotatable bonds is 5. The molecule has 2 aliphatic carbocycles. The lowest BCUT2D eigenvalue weighted by molar-refractivity contribution is -0.917. The molecule has 0 aromatic heterocycles. The Hall–Kier alpha value is -0.610. The molecule has 22 heavy (non-hydrogen) atoms. The zero-order valence-electron chi connectivity index (χ0n) is 15.8. The molecule has 0 saturated heterocycles. The third-order valence-electron chi connectivity index (χ3n) is 6.95. The Morgan fingerprint density at radius 2 is 1.86 bits per heavy atom. The van der Waals surface area contributed by atoms with Crippen LogP contribution in [0.2, 0.25) is 0 Å². The lowest BCUT2D eigenvalue weighted by Crippen LogP contribution is -2.64. The van der Waals surface area contributed by atoms with E-state index < -0.39 is 0 Å². The zero-order valence-corrected chi connectivity index (χ0v) is 15.8. The van der Waals surface area contributed by atoms with Crippen LogP contribution in [0.15, 0.2) is 0 Å². The summed E-state index contributed by atoms with van der Waals surface area (Å²) in [5.74, 6) is 0.631. The molecule has 0 aromatic rings. The fraction of sp³-hybridized carbons (Fsp3) is 0.944. The first-order valence-corrected chi connectivity index (χ1v) is 8.63. The van der Waals surface area contributed by atoms with Crippen molar-refractivity contribution >= 4 is 5.97 Å². The van der Waals surface area contributed by atoms with Crippen molar-refractivity contribution in [2.45, 2.75) is 52.6 Å². The molecule has 2 aliphatic rings. The minimum atomic E-state index is -0.0748. The summed E-state index contributed by atoms with van der Waals surface area (Å²) < 4.78 is 5.95. The van der Waals surface area contributed by atoms with E-state index in [1.54, 1.807) is 0 Å². The number of quaternary nitrogens is 1. The predicted octanol–water partition coefficient (Wildman–Crippen LogP) is 2.38. The van der Waals surface area contributed by atoms with Gasteiger partial charge < -0.3 is 14.1 Å². The van der Waals surface area contributed by atoms with Crippen molar-refractivity contribution in [1.29, 1.82) is 0 Å². The van der Waals surface area contributed by atoms with Crippen LogP contribution in [-0.4, -0.2) is 68.8 Å². The van der Waals surface area contributed by atoms with E-state index in [-0.39, 0.29) is 11.4 Å². The first kappa shape index (κ1) is 17.7. The Balaban J connectivity index is 2.36. The van der Waals surface area contributed by atoms with Gasteiger partial charge in [-0.1, -0.05) is 20.8 Å². The van der Waals surface area contributed by atoms with E-state index in [9.17, 15) is 4.79 Å². The standard InChI is InChI=1S/C18H35N2O2/c1-9-22-14(21)12-20(7,8)16-15(19(5)6)13-10-11-18(16,4)17(13,2)3/h13,15-16H,9-12H2,1-8H3/q+1/t13-,15-,16+,18-/m0/s1. The molecule has 2 saturated carbocycles. The maximum absolute atomic E-state index is 12.1. The number of hydrogen-bond acceptors (Lipinski definition) is 3. The van der Waals surface area contributed by atoms with Crippen molar-refractivity contribution < 1.29 is 14.0 Å². The molecule has 128 valence electrons. The fourth-order valence-electron chi connectivity index (χ4n) is 5.75. The van der Waals surface area contributed by atoms with E-state index in [0.29, 0.717) is 36.6 Å². The van der Waals surface area contributed by atoms with Gasteiger partial charge in [0.15, 0.2) is 6.54 Å². The molecule has 4 atom stereocenters. The van der Waals surface area contributed by atoms with Crippen LogP contribution in [0.4, 0.5) is 0 Å². The van der Waals surface area contributed by atoms with E-state index >= 15 is 0 Å². The third-order valence-corrected chi connectivity index (χ3v) is 6.95. The summed E-state index contributed by atoms with van der Waals surface area (Å²) in [7, 11) is 8.81. The summed E-state index contributed by atoms with van der Waals surface area (Å²) in [6.45, 7) is 10.1. The van der Waals surface area contributed by atoms with Gasteiger partial charge in [0.25, 0.3) is 0 Å². The summed E-state index contributed by atoms with van der Waals surface area (Å²) in [5, 5.41) is 0. The molecule has 0 heterocycles. The summed E-state index contributed by atoms with van der Waals surface area (Å²) >= 11 is 0. The average molecular weight is 311 g/mol. The molecule has 2 fully saturated rings.